The van der Waals surface area contributed by atoms with Crippen molar-refractivity contribution in [2.45, 2.75) is 19.6 Å². The number of benzene rings is 2. The van der Waals surface area contributed by atoms with Crippen LogP contribution in [0.2, 0.25) is 0 Å². The normalized spacial score (nSPS) is 10.5. The average molecular weight is 348 g/mol. The lowest BCUT2D eigenvalue weighted by molar-refractivity contribution is -0.118. The Morgan fingerprint density at radius 3 is 2.24 bits per heavy atom. The largest absolute Gasteiger partial charge is 0.435 e. The van der Waals surface area contributed by atoms with Gasteiger partial charge < -0.3 is 15.4 Å². The van der Waals surface area contributed by atoms with E-state index >= 15 is 0 Å². The topological polar surface area (TPSA) is 72.6 Å². The fourth-order valence-corrected chi connectivity index (χ4v) is 2.26. The highest BCUT2D eigenvalue weighted by Gasteiger charge is 2.17. The van der Waals surface area contributed by atoms with Gasteiger partial charge in [0.05, 0.1) is 0 Å². The number of rotatable bonds is 8. The number of ether oxygens (including phenoxy) is 1. The summed E-state index contributed by atoms with van der Waals surface area (Å²) >= 11 is 0. The van der Waals surface area contributed by atoms with Crippen LogP contribution in [0.25, 0.3) is 0 Å². The number of carbonyl (C=O) groups is 2. The van der Waals surface area contributed by atoms with Gasteiger partial charge in [0.2, 0.25) is 5.91 Å². The van der Waals surface area contributed by atoms with E-state index in [1.54, 1.807) is 0 Å². The van der Waals surface area contributed by atoms with E-state index in [2.05, 4.69) is 4.74 Å². The van der Waals surface area contributed by atoms with E-state index in [0.717, 1.165) is 5.56 Å². The van der Waals surface area contributed by atoms with Crippen LogP contribution in [0.5, 0.6) is 5.75 Å². The Bertz CT molecular complexity index is 706. The highest BCUT2D eigenvalue weighted by molar-refractivity contribution is 5.94. The van der Waals surface area contributed by atoms with Gasteiger partial charge in [-0.05, 0) is 29.8 Å². The van der Waals surface area contributed by atoms with E-state index in [1.165, 1.54) is 29.2 Å². The summed E-state index contributed by atoms with van der Waals surface area (Å²) in [4.78, 5) is 25.2. The summed E-state index contributed by atoms with van der Waals surface area (Å²) < 4.78 is 28.6. The van der Waals surface area contributed by atoms with Gasteiger partial charge in [0.1, 0.15) is 5.75 Å². The number of alkyl halides is 2. The molecule has 2 aromatic rings. The molecule has 0 aliphatic rings. The highest BCUT2D eigenvalue weighted by Crippen LogP contribution is 2.17. The van der Waals surface area contributed by atoms with Crippen LogP contribution >= 0.6 is 0 Å². The average Bonchev–Trinajstić information content (AvgIpc) is 2.59. The Labute approximate surface area is 144 Å². The molecule has 132 valence electrons. The van der Waals surface area contributed by atoms with Gasteiger partial charge in [-0.15, -0.1) is 0 Å². The molecule has 0 spiro atoms. The number of primary amides is 1. The van der Waals surface area contributed by atoms with Gasteiger partial charge in [0, 0.05) is 25.1 Å². The summed E-state index contributed by atoms with van der Waals surface area (Å²) in [5.74, 6) is -0.862. The maximum absolute atomic E-state index is 12.7. The first-order valence-corrected chi connectivity index (χ1v) is 7.62. The molecule has 0 aliphatic carbocycles. The maximum Gasteiger partial charge on any atom is 0.387 e. The fraction of sp³-hybridized carbons (Fsp3) is 0.222. The Morgan fingerprint density at radius 2 is 1.68 bits per heavy atom. The van der Waals surface area contributed by atoms with Gasteiger partial charge in [0.15, 0.2) is 0 Å². The zero-order valence-electron chi connectivity index (χ0n) is 13.4. The van der Waals surface area contributed by atoms with Crippen LogP contribution in [0.1, 0.15) is 22.3 Å². The molecule has 0 aliphatic heterocycles. The summed E-state index contributed by atoms with van der Waals surface area (Å²) in [6.07, 6.45) is 0.0329. The lowest BCUT2D eigenvalue weighted by atomic mass is 10.1. The molecule has 0 saturated heterocycles. The summed E-state index contributed by atoms with van der Waals surface area (Å²) in [7, 11) is 0. The lowest BCUT2D eigenvalue weighted by Gasteiger charge is -2.22. The van der Waals surface area contributed by atoms with Crippen molar-refractivity contribution in [3.05, 3.63) is 65.7 Å². The van der Waals surface area contributed by atoms with Crippen molar-refractivity contribution in [1.29, 1.82) is 0 Å². The predicted molar refractivity (Wildman–Crippen MR) is 88.1 cm³/mol. The van der Waals surface area contributed by atoms with Crippen LogP contribution < -0.4 is 10.5 Å². The number of nitrogens with zero attached hydrogens (tertiary/aromatic N) is 1. The Balaban J connectivity index is 2.14. The molecule has 7 heteroatoms. The van der Waals surface area contributed by atoms with Crippen molar-refractivity contribution in [3.8, 4) is 5.75 Å². The predicted octanol–water partition coefficient (Wildman–Crippen LogP) is 2.81. The zero-order valence-corrected chi connectivity index (χ0v) is 13.4. The molecule has 0 atom stereocenters. The minimum absolute atomic E-state index is 0.0294. The molecule has 2 aromatic carbocycles. The number of nitrogens with two attached hydrogens (primary N) is 1. The molecule has 0 saturated carbocycles. The van der Waals surface area contributed by atoms with Crippen molar-refractivity contribution >= 4 is 11.8 Å². The molecule has 0 heterocycles. The van der Waals surface area contributed by atoms with Crippen molar-refractivity contribution < 1.29 is 23.1 Å². The summed E-state index contributed by atoms with van der Waals surface area (Å²) in [5.41, 5.74) is 6.38. The minimum Gasteiger partial charge on any atom is -0.435 e. The molecule has 2 N–H and O–H groups in total. The van der Waals surface area contributed by atoms with E-state index in [4.69, 9.17) is 5.73 Å². The highest BCUT2D eigenvalue weighted by atomic mass is 19.3. The third kappa shape index (κ3) is 5.87. The fourth-order valence-electron chi connectivity index (χ4n) is 2.26. The molecule has 0 unspecified atom stereocenters. The standard InChI is InChI=1S/C18H18F2N2O3/c19-18(20)25-15-8-6-14(7-9-15)17(24)22(11-10-16(21)23)12-13-4-2-1-3-5-13/h1-9,18H,10-12H2,(H2,21,23). The molecular weight excluding hydrogens is 330 g/mol. The first-order chi connectivity index (χ1) is 12.0. The first kappa shape index (κ1) is 18.4. The smallest absolute Gasteiger partial charge is 0.387 e. The van der Waals surface area contributed by atoms with Gasteiger partial charge in [-0.3, -0.25) is 9.59 Å². The summed E-state index contributed by atoms with van der Waals surface area (Å²) in [6, 6.07) is 14.7. The summed E-state index contributed by atoms with van der Waals surface area (Å²) in [6.45, 7) is -2.45. The number of carbonyl (C=O) groups excluding carboxylic acids is 2. The van der Waals surface area contributed by atoms with Gasteiger partial charge in [0.25, 0.3) is 5.91 Å². The van der Waals surface area contributed by atoms with Crippen LogP contribution in [-0.4, -0.2) is 29.9 Å². The van der Waals surface area contributed by atoms with Crippen LogP contribution in [0.4, 0.5) is 8.78 Å². The van der Waals surface area contributed by atoms with E-state index in [9.17, 15) is 18.4 Å². The third-order valence-electron chi connectivity index (χ3n) is 3.46. The Kier molecular flexibility index (Phi) is 6.45. The molecule has 25 heavy (non-hydrogen) atoms. The van der Waals surface area contributed by atoms with E-state index in [1.807, 2.05) is 30.3 Å². The Hall–Kier alpha value is -2.96. The van der Waals surface area contributed by atoms with E-state index in [0.29, 0.717) is 12.1 Å². The lowest BCUT2D eigenvalue weighted by Crippen LogP contribution is -2.33. The molecule has 0 radical (unpaired) electrons. The minimum atomic E-state index is -2.92. The molecular formula is C18H18F2N2O3. The van der Waals surface area contributed by atoms with Gasteiger partial charge in [-0.2, -0.15) is 8.78 Å². The SMILES string of the molecule is NC(=O)CCN(Cc1ccccc1)C(=O)c1ccc(OC(F)F)cc1. The number of halogens is 2. The van der Waals surface area contributed by atoms with Crippen molar-refractivity contribution in [2.75, 3.05) is 6.54 Å². The van der Waals surface area contributed by atoms with Crippen LogP contribution in [0.15, 0.2) is 54.6 Å². The third-order valence-corrected chi connectivity index (χ3v) is 3.46. The van der Waals surface area contributed by atoms with Gasteiger partial charge in [-0.25, -0.2) is 0 Å². The molecule has 2 amide bonds. The molecule has 2 rings (SSSR count). The molecule has 0 fully saturated rings. The van der Waals surface area contributed by atoms with E-state index < -0.39 is 12.5 Å². The van der Waals surface area contributed by atoms with Gasteiger partial charge in [-0.1, -0.05) is 30.3 Å². The number of amides is 2. The van der Waals surface area contributed by atoms with Crippen LogP contribution in [-0.2, 0) is 11.3 Å². The van der Waals surface area contributed by atoms with Crippen LogP contribution in [0.3, 0.4) is 0 Å². The van der Waals surface area contributed by atoms with Crippen molar-refractivity contribution in [1.82, 2.24) is 4.90 Å². The molecule has 5 nitrogen and oxygen atoms in total. The summed E-state index contributed by atoms with van der Waals surface area (Å²) in [5, 5.41) is 0. The van der Waals surface area contributed by atoms with Gasteiger partial charge >= 0.3 is 6.61 Å². The monoisotopic (exact) mass is 348 g/mol. The first-order valence-electron chi connectivity index (χ1n) is 7.62. The van der Waals surface area contributed by atoms with Crippen molar-refractivity contribution in [3.63, 3.8) is 0 Å². The Morgan fingerprint density at radius 1 is 1.04 bits per heavy atom. The number of hydrogen-bond acceptors (Lipinski definition) is 3. The second-order valence-corrected chi connectivity index (χ2v) is 5.33. The quantitative estimate of drug-likeness (QED) is 0.797. The molecule has 0 bridgehead atoms. The zero-order chi connectivity index (χ0) is 18.2. The second kappa shape index (κ2) is 8.77. The maximum atomic E-state index is 12.7. The second-order valence-electron chi connectivity index (χ2n) is 5.33. The van der Waals surface area contributed by atoms with Crippen LogP contribution in [0, 0.1) is 0 Å². The van der Waals surface area contributed by atoms with Crippen molar-refractivity contribution in [2.24, 2.45) is 5.73 Å². The molecule has 0 aromatic heterocycles. The number of hydrogen-bond donors (Lipinski definition) is 1. The van der Waals surface area contributed by atoms with E-state index in [-0.39, 0.29) is 24.6 Å².